The van der Waals surface area contributed by atoms with Gasteiger partial charge < -0.3 is 14.8 Å². The number of aromatic nitrogens is 2. The smallest absolute Gasteiger partial charge is 0.389 e. The van der Waals surface area contributed by atoms with Crippen LogP contribution < -0.4 is 4.74 Å². The van der Waals surface area contributed by atoms with Crippen molar-refractivity contribution in [3.05, 3.63) is 83.0 Å². The standard InChI is InChI=1S/C31H25F3N4O2/c1-30(2,39)17-18-9-11-20-22(15-18)23-16-19(40-14-6-13-31(32,33)34)10-12-21(23)28-27(20)37-29(38-28)26-24(35-3)7-5-8-25(26)36-4/h5,7-12,15-16,39H,6,13-14,17H2,1-2H3,(H,37,38). The zero-order valence-corrected chi connectivity index (χ0v) is 21.9. The number of hydrogen-bond acceptors (Lipinski definition) is 3. The Hall–Kier alpha value is -4.60. The van der Waals surface area contributed by atoms with Gasteiger partial charge in [-0.1, -0.05) is 36.4 Å². The Kier molecular flexibility index (Phi) is 6.87. The number of fused-ring (bicyclic) bond motifs is 6. The molecule has 0 fully saturated rings. The molecular formula is C31H25F3N4O2. The van der Waals surface area contributed by atoms with Crippen LogP contribution in [0.1, 0.15) is 32.3 Å². The predicted octanol–water partition coefficient (Wildman–Crippen LogP) is 8.67. The molecule has 5 rings (SSSR count). The van der Waals surface area contributed by atoms with E-state index < -0.39 is 18.2 Å². The van der Waals surface area contributed by atoms with Gasteiger partial charge in [-0.05, 0) is 54.8 Å². The first-order valence-electron chi connectivity index (χ1n) is 12.7. The minimum absolute atomic E-state index is 0.0733. The first-order valence-corrected chi connectivity index (χ1v) is 12.7. The lowest BCUT2D eigenvalue weighted by Gasteiger charge is -2.18. The summed E-state index contributed by atoms with van der Waals surface area (Å²) < 4.78 is 43.4. The van der Waals surface area contributed by atoms with Gasteiger partial charge in [0.1, 0.15) is 11.6 Å². The number of nitrogens with one attached hydrogen (secondary N) is 1. The zero-order chi connectivity index (χ0) is 28.7. The summed E-state index contributed by atoms with van der Waals surface area (Å²) in [6, 6.07) is 16.1. The normalized spacial score (nSPS) is 12.1. The summed E-state index contributed by atoms with van der Waals surface area (Å²) in [6.07, 6.45) is -4.89. The number of imidazole rings is 1. The molecule has 0 aliphatic heterocycles. The third-order valence-electron chi connectivity index (χ3n) is 6.60. The fraction of sp³-hybridized carbons (Fsp3) is 0.258. The molecule has 0 amide bonds. The van der Waals surface area contributed by atoms with Crippen molar-refractivity contribution in [2.75, 3.05) is 6.61 Å². The van der Waals surface area contributed by atoms with Crippen LogP contribution in [0.25, 0.3) is 53.7 Å². The molecule has 0 spiro atoms. The van der Waals surface area contributed by atoms with Gasteiger partial charge in [0.05, 0.1) is 36.4 Å². The maximum absolute atomic E-state index is 12.6. The molecule has 0 aliphatic carbocycles. The average molecular weight is 543 g/mol. The number of alkyl halides is 3. The molecule has 4 aromatic carbocycles. The van der Waals surface area contributed by atoms with Crippen LogP contribution in [-0.4, -0.2) is 33.5 Å². The van der Waals surface area contributed by atoms with Gasteiger partial charge in [-0.15, -0.1) is 0 Å². The number of aromatic amines is 1. The van der Waals surface area contributed by atoms with Gasteiger partial charge in [0.15, 0.2) is 11.4 Å². The monoisotopic (exact) mass is 542 g/mol. The Morgan fingerprint density at radius 3 is 2.25 bits per heavy atom. The van der Waals surface area contributed by atoms with Crippen LogP contribution in [-0.2, 0) is 6.42 Å². The molecule has 202 valence electrons. The fourth-order valence-corrected chi connectivity index (χ4v) is 4.99. The van der Waals surface area contributed by atoms with Crippen molar-refractivity contribution in [3.8, 4) is 17.1 Å². The lowest BCUT2D eigenvalue weighted by atomic mass is 9.93. The SMILES string of the molecule is [C-]#[N+]c1cccc([N+]#[C-])c1-c1nc2c3ccc(CC(C)(C)O)cc3c3cc(OCCCC(F)(F)F)ccc3c2[nH]1. The van der Waals surface area contributed by atoms with Crippen LogP contribution in [0.15, 0.2) is 54.6 Å². The van der Waals surface area contributed by atoms with Crippen molar-refractivity contribution in [1.82, 2.24) is 9.97 Å². The third kappa shape index (κ3) is 5.42. The highest BCUT2D eigenvalue weighted by Gasteiger charge is 2.26. The predicted molar refractivity (Wildman–Crippen MR) is 150 cm³/mol. The maximum Gasteiger partial charge on any atom is 0.389 e. The number of H-pyrrole nitrogens is 1. The van der Waals surface area contributed by atoms with E-state index in [9.17, 15) is 18.3 Å². The van der Waals surface area contributed by atoms with Crippen LogP contribution in [0.3, 0.4) is 0 Å². The molecule has 0 bridgehead atoms. The number of hydrogen-bond donors (Lipinski definition) is 2. The van der Waals surface area contributed by atoms with E-state index in [1.54, 1.807) is 44.2 Å². The summed E-state index contributed by atoms with van der Waals surface area (Å²) in [6.45, 7) is 18.6. The number of aliphatic hydroxyl groups is 1. The fourth-order valence-electron chi connectivity index (χ4n) is 4.99. The highest BCUT2D eigenvalue weighted by molar-refractivity contribution is 6.24. The van der Waals surface area contributed by atoms with Crippen molar-refractivity contribution in [1.29, 1.82) is 0 Å². The lowest BCUT2D eigenvalue weighted by molar-refractivity contribution is -0.136. The number of rotatable bonds is 7. The molecule has 0 atom stereocenters. The maximum atomic E-state index is 12.6. The molecule has 0 saturated carbocycles. The topological polar surface area (TPSA) is 66.9 Å². The molecule has 0 radical (unpaired) electrons. The molecule has 0 aliphatic rings. The van der Waals surface area contributed by atoms with Crippen LogP contribution in [0.2, 0.25) is 0 Å². The van der Waals surface area contributed by atoms with Gasteiger partial charge in [0.25, 0.3) is 0 Å². The van der Waals surface area contributed by atoms with Crippen molar-refractivity contribution in [2.24, 2.45) is 0 Å². The second-order valence-corrected chi connectivity index (χ2v) is 10.3. The summed E-state index contributed by atoms with van der Waals surface area (Å²) in [5.74, 6) is 0.839. The first-order chi connectivity index (χ1) is 19.0. The molecule has 0 saturated heterocycles. The highest BCUT2D eigenvalue weighted by atomic mass is 19.4. The molecular weight excluding hydrogens is 517 g/mol. The molecule has 1 heterocycles. The van der Waals surface area contributed by atoms with E-state index in [0.29, 0.717) is 46.0 Å². The molecule has 1 aromatic heterocycles. The molecule has 0 unspecified atom stereocenters. The summed E-state index contributed by atoms with van der Waals surface area (Å²) >= 11 is 0. The Bertz CT molecular complexity index is 1800. The number of benzene rings is 4. The van der Waals surface area contributed by atoms with Crippen molar-refractivity contribution < 1.29 is 23.0 Å². The van der Waals surface area contributed by atoms with Gasteiger partial charge in [0.2, 0.25) is 0 Å². The minimum Gasteiger partial charge on any atom is -0.494 e. The molecule has 5 aromatic rings. The molecule has 40 heavy (non-hydrogen) atoms. The Morgan fingerprint density at radius 1 is 0.925 bits per heavy atom. The van der Waals surface area contributed by atoms with Crippen LogP contribution in [0, 0.1) is 13.1 Å². The average Bonchev–Trinajstić information content (AvgIpc) is 3.34. The summed E-state index contributed by atoms with van der Waals surface area (Å²) in [5.41, 5.74) is 2.37. The minimum atomic E-state index is -4.23. The highest BCUT2D eigenvalue weighted by Crippen LogP contribution is 2.42. The summed E-state index contributed by atoms with van der Waals surface area (Å²) in [5, 5.41) is 13.7. The van der Waals surface area contributed by atoms with Gasteiger partial charge in [-0.2, -0.15) is 13.2 Å². The molecule has 6 nitrogen and oxygen atoms in total. The Labute approximate surface area is 228 Å². The van der Waals surface area contributed by atoms with Gasteiger partial charge in [-0.25, -0.2) is 14.7 Å². The zero-order valence-electron chi connectivity index (χ0n) is 21.9. The largest absolute Gasteiger partial charge is 0.494 e. The van der Waals surface area contributed by atoms with Gasteiger partial charge in [-0.3, -0.25) is 0 Å². The lowest BCUT2D eigenvalue weighted by Crippen LogP contribution is -2.21. The summed E-state index contributed by atoms with van der Waals surface area (Å²) in [7, 11) is 0. The van der Waals surface area contributed by atoms with E-state index in [1.807, 2.05) is 24.3 Å². The van der Waals surface area contributed by atoms with Gasteiger partial charge in [0, 0.05) is 29.2 Å². The van der Waals surface area contributed by atoms with E-state index >= 15 is 0 Å². The summed E-state index contributed by atoms with van der Waals surface area (Å²) in [4.78, 5) is 15.4. The van der Waals surface area contributed by atoms with E-state index in [0.717, 1.165) is 27.1 Å². The van der Waals surface area contributed by atoms with Gasteiger partial charge >= 0.3 is 6.18 Å². The molecule has 9 heteroatoms. The first kappa shape index (κ1) is 27.0. The van der Waals surface area contributed by atoms with E-state index in [2.05, 4.69) is 14.7 Å². The molecule has 2 N–H and O–H groups in total. The van der Waals surface area contributed by atoms with Crippen LogP contribution in [0.4, 0.5) is 24.5 Å². The Balaban J connectivity index is 1.71. The Morgan fingerprint density at radius 2 is 1.60 bits per heavy atom. The van der Waals surface area contributed by atoms with E-state index in [4.69, 9.17) is 22.9 Å². The number of nitrogens with zero attached hydrogens (tertiary/aromatic N) is 3. The van der Waals surface area contributed by atoms with Crippen molar-refractivity contribution in [2.45, 2.75) is 44.9 Å². The van der Waals surface area contributed by atoms with E-state index in [1.165, 1.54) is 0 Å². The van der Waals surface area contributed by atoms with Crippen LogP contribution >= 0.6 is 0 Å². The van der Waals surface area contributed by atoms with Crippen LogP contribution in [0.5, 0.6) is 5.75 Å². The van der Waals surface area contributed by atoms with E-state index in [-0.39, 0.29) is 13.0 Å². The van der Waals surface area contributed by atoms with Crippen molar-refractivity contribution in [3.63, 3.8) is 0 Å². The van der Waals surface area contributed by atoms with Crippen molar-refractivity contribution >= 4 is 44.0 Å². The third-order valence-corrected chi connectivity index (χ3v) is 6.60. The second-order valence-electron chi connectivity index (χ2n) is 10.3. The quantitative estimate of drug-likeness (QED) is 0.123. The number of halogens is 3. The number of ether oxygens (including phenoxy) is 1. The second kappa shape index (κ2) is 10.2.